The summed E-state index contributed by atoms with van der Waals surface area (Å²) in [5.41, 5.74) is 2.50. The average molecular weight is 262 g/mol. The van der Waals surface area contributed by atoms with Gasteiger partial charge < -0.3 is 15.2 Å². The Morgan fingerprint density at radius 3 is 2.56 bits per heavy atom. The predicted octanol–water partition coefficient (Wildman–Crippen LogP) is 3.53. The zero-order valence-electron chi connectivity index (χ0n) is 9.56. The Kier molecular flexibility index (Phi) is 3.85. The van der Waals surface area contributed by atoms with Crippen LogP contribution in [0.25, 0.3) is 0 Å². The van der Waals surface area contributed by atoms with Gasteiger partial charge in [-0.1, -0.05) is 11.6 Å². The fourth-order valence-corrected chi connectivity index (χ4v) is 1.84. The van der Waals surface area contributed by atoms with E-state index < -0.39 is 0 Å². The zero-order valence-corrected chi connectivity index (χ0v) is 10.3. The van der Waals surface area contributed by atoms with Gasteiger partial charge in [-0.2, -0.15) is 0 Å². The first-order valence-electron chi connectivity index (χ1n) is 5.47. The van der Waals surface area contributed by atoms with Crippen LogP contribution in [-0.2, 0) is 11.2 Å². The van der Waals surface area contributed by atoms with Crippen molar-refractivity contribution in [3.8, 4) is 5.75 Å². The fraction of sp³-hybridized carbons (Fsp3) is 0.0714. The van der Waals surface area contributed by atoms with Crippen LogP contribution in [0.3, 0.4) is 0 Å². The van der Waals surface area contributed by atoms with E-state index in [1.54, 1.807) is 36.4 Å². The summed E-state index contributed by atoms with van der Waals surface area (Å²) in [4.78, 5) is 10.6. The lowest BCUT2D eigenvalue weighted by atomic mass is 10.1. The van der Waals surface area contributed by atoms with Crippen molar-refractivity contribution in [1.82, 2.24) is 0 Å². The number of halogens is 1. The minimum Gasteiger partial charge on any atom is -0.508 e. The van der Waals surface area contributed by atoms with Crippen LogP contribution >= 0.6 is 11.6 Å². The molecule has 0 aromatic heterocycles. The van der Waals surface area contributed by atoms with Gasteiger partial charge in [0.05, 0.1) is 0 Å². The number of nitrogens with one attached hydrogen (secondary N) is 1. The monoisotopic (exact) mass is 261 g/mol. The maximum absolute atomic E-state index is 10.6. The average Bonchev–Trinajstić information content (AvgIpc) is 2.36. The van der Waals surface area contributed by atoms with Gasteiger partial charge >= 0.3 is 0 Å². The van der Waals surface area contributed by atoms with E-state index in [2.05, 4.69) is 5.32 Å². The summed E-state index contributed by atoms with van der Waals surface area (Å²) < 4.78 is 0. The predicted molar refractivity (Wildman–Crippen MR) is 72.6 cm³/mol. The van der Waals surface area contributed by atoms with Crippen molar-refractivity contribution in [2.24, 2.45) is 0 Å². The van der Waals surface area contributed by atoms with Crippen LogP contribution in [0.15, 0.2) is 42.5 Å². The molecule has 0 bridgehead atoms. The molecule has 3 nitrogen and oxygen atoms in total. The molecule has 4 heteroatoms. The van der Waals surface area contributed by atoms with Gasteiger partial charge in [-0.3, -0.25) is 0 Å². The van der Waals surface area contributed by atoms with E-state index in [0.717, 1.165) is 23.2 Å². The highest BCUT2D eigenvalue weighted by atomic mass is 35.5. The number of phenolic OH excluding ortho intramolecular Hbond substituents is 1. The molecule has 0 aliphatic rings. The topological polar surface area (TPSA) is 49.3 Å². The second-order valence-corrected chi connectivity index (χ2v) is 4.28. The van der Waals surface area contributed by atoms with Gasteiger partial charge in [0.2, 0.25) is 0 Å². The molecular formula is C14H12ClNO2. The van der Waals surface area contributed by atoms with Gasteiger partial charge in [-0.25, -0.2) is 0 Å². The van der Waals surface area contributed by atoms with Crippen molar-refractivity contribution in [3.05, 3.63) is 53.1 Å². The molecule has 0 atom stereocenters. The number of hydrogen-bond donors (Lipinski definition) is 2. The van der Waals surface area contributed by atoms with E-state index in [4.69, 9.17) is 11.6 Å². The molecule has 0 aliphatic carbocycles. The van der Waals surface area contributed by atoms with Gasteiger partial charge in [-0.05, 0) is 48.0 Å². The molecule has 2 N–H and O–H groups in total. The summed E-state index contributed by atoms with van der Waals surface area (Å²) in [6.07, 6.45) is 1.15. The van der Waals surface area contributed by atoms with E-state index >= 15 is 0 Å². The summed E-state index contributed by atoms with van der Waals surface area (Å²) >= 11 is 5.90. The van der Waals surface area contributed by atoms with Crippen LogP contribution in [0.5, 0.6) is 5.75 Å². The first-order chi connectivity index (χ1) is 8.69. The van der Waals surface area contributed by atoms with Crippen molar-refractivity contribution in [2.45, 2.75) is 6.42 Å². The van der Waals surface area contributed by atoms with Crippen molar-refractivity contribution < 1.29 is 9.90 Å². The Labute approximate surface area is 110 Å². The number of benzene rings is 2. The molecule has 18 heavy (non-hydrogen) atoms. The molecule has 2 rings (SSSR count). The standard InChI is InChI=1S/C14H12ClNO2/c15-11-1-6-14(10(9-11)7-8-17)16-12-2-4-13(18)5-3-12/h1-6,8-9,16,18H,7H2. The second kappa shape index (κ2) is 5.56. The van der Waals surface area contributed by atoms with E-state index in [9.17, 15) is 9.90 Å². The molecule has 0 fully saturated rings. The molecule has 0 saturated carbocycles. The highest BCUT2D eigenvalue weighted by Gasteiger charge is 2.03. The number of carbonyl (C=O) groups excluding carboxylic acids is 1. The molecule has 0 aliphatic heterocycles. The third-order valence-corrected chi connectivity index (χ3v) is 2.75. The van der Waals surface area contributed by atoms with E-state index in [1.165, 1.54) is 0 Å². The Morgan fingerprint density at radius 1 is 1.17 bits per heavy atom. The van der Waals surface area contributed by atoms with Gasteiger partial charge in [0.1, 0.15) is 12.0 Å². The summed E-state index contributed by atoms with van der Waals surface area (Å²) in [5, 5.41) is 13.0. The Hall–Kier alpha value is -2.00. The molecule has 0 amide bonds. The lowest BCUT2D eigenvalue weighted by Crippen LogP contribution is -1.96. The normalized spacial score (nSPS) is 10.1. The van der Waals surface area contributed by atoms with E-state index in [-0.39, 0.29) is 5.75 Å². The first-order valence-corrected chi connectivity index (χ1v) is 5.85. The van der Waals surface area contributed by atoms with Crippen molar-refractivity contribution in [2.75, 3.05) is 5.32 Å². The Balaban J connectivity index is 2.27. The summed E-state index contributed by atoms with van der Waals surface area (Å²) in [5.74, 6) is 0.213. The molecule has 0 spiro atoms. The molecule has 2 aromatic carbocycles. The number of carbonyl (C=O) groups is 1. The molecule has 0 unspecified atom stereocenters. The van der Waals surface area contributed by atoms with Crippen LogP contribution in [-0.4, -0.2) is 11.4 Å². The van der Waals surface area contributed by atoms with Crippen LogP contribution in [0, 0.1) is 0 Å². The number of aromatic hydroxyl groups is 1. The summed E-state index contributed by atoms with van der Waals surface area (Å²) in [7, 11) is 0. The van der Waals surface area contributed by atoms with Gasteiger partial charge in [0, 0.05) is 22.8 Å². The number of aldehydes is 1. The summed E-state index contributed by atoms with van der Waals surface area (Å²) in [6.45, 7) is 0. The zero-order chi connectivity index (χ0) is 13.0. The first kappa shape index (κ1) is 12.5. The number of anilines is 2. The molecule has 0 heterocycles. The molecule has 0 radical (unpaired) electrons. The largest absolute Gasteiger partial charge is 0.508 e. The van der Waals surface area contributed by atoms with Crippen molar-refractivity contribution in [1.29, 1.82) is 0 Å². The maximum Gasteiger partial charge on any atom is 0.124 e. The lowest BCUT2D eigenvalue weighted by molar-refractivity contribution is -0.107. The quantitative estimate of drug-likeness (QED) is 0.654. The summed E-state index contributed by atoms with van der Waals surface area (Å²) in [6, 6.07) is 12.1. The van der Waals surface area contributed by atoms with E-state index in [1.807, 2.05) is 6.07 Å². The van der Waals surface area contributed by atoms with Crippen LogP contribution in [0.2, 0.25) is 5.02 Å². The van der Waals surface area contributed by atoms with Crippen LogP contribution < -0.4 is 5.32 Å². The second-order valence-electron chi connectivity index (χ2n) is 3.84. The van der Waals surface area contributed by atoms with E-state index in [0.29, 0.717) is 11.4 Å². The highest BCUT2D eigenvalue weighted by molar-refractivity contribution is 6.30. The van der Waals surface area contributed by atoms with Gasteiger partial charge in [-0.15, -0.1) is 0 Å². The van der Waals surface area contributed by atoms with Crippen LogP contribution in [0.1, 0.15) is 5.56 Å². The lowest BCUT2D eigenvalue weighted by Gasteiger charge is -2.11. The van der Waals surface area contributed by atoms with Crippen molar-refractivity contribution >= 4 is 29.3 Å². The number of phenols is 1. The smallest absolute Gasteiger partial charge is 0.124 e. The van der Waals surface area contributed by atoms with Gasteiger partial charge in [0.15, 0.2) is 0 Å². The third kappa shape index (κ3) is 3.02. The number of rotatable bonds is 4. The van der Waals surface area contributed by atoms with Crippen LogP contribution in [0.4, 0.5) is 11.4 Å². The maximum atomic E-state index is 10.6. The molecule has 92 valence electrons. The Bertz CT molecular complexity index is 552. The Morgan fingerprint density at radius 2 is 1.89 bits per heavy atom. The van der Waals surface area contributed by atoms with Gasteiger partial charge in [0.25, 0.3) is 0 Å². The fourth-order valence-electron chi connectivity index (χ4n) is 1.64. The number of hydrogen-bond acceptors (Lipinski definition) is 3. The molecular weight excluding hydrogens is 250 g/mol. The molecule has 0 saturated heterocycles. The third-order valence-electron chi connectivity index (χ3n) is 2.52. The molecule has 2 aromatic rings. The van der Waals surface area contributed by atoms with Crippen molar-refractivity contribution in [3.63, 3.8) is 0 Å². The minimum atomic E-state index is 0.213. The minimum absolute atomic E-state index is 0.213. The SMILES string of the molecule is O=CCc1cc(Cl)ccc1Nc1ccc(O)cc1. The highest BCUT2D eigenvalue weighted by Crippen LogP contribution is 2.25.